The van der Waals surface area contributed by atoms with E-state index in [1.54, 1.807) is 6.07 Å². The molecule has 2 N–H and O–H groups in total. The van der Waals surface area contributed by atoms with Crippen LogP contribution in [-0.4, -0.2) is 11.7 Å². The summed E-state index contributed by atoms with van der Waals surface area (Å²) in [6.07, 6.45) is -0.613. The molecule has 0 radical (unpaired) electrons. The minimum atomic E-state index is -0.613. The number of aryl methyl sites for hydroxylation is 1. The quantitative estimate of drug-likeness (QED) is 0.878. The zero-order chi connectivity index (χ0) is 13.0. The zero-order valence-corrected chi connectivity index (χ0v) is 11.0. The fraction of sp³-hybridized carbons (Fsp3) is 0.200. The van der Waals surface area contributed by atoms with Crippen LogP contribution in [0.4, 0.5) is 5.69 Å². The molecule has 0 aliphatic heterocycles. The number of benzene rings is 2. The van der Waals surface area contributed by atoms with E-state index in [1.165, 1.54) is 0 Å². The Kier molecular flexibility index (Phi) is 4.24. The Morgan fingerprint density at radius 2 is 1.78 bits per heavy atom. The van der Waals surface area contributed by atoms with E-state index in [1.807, 2.05) is 49.4 Å². The van der Waals surface area contributed by atoms with Gasteiger partial charge in [-0.05, 0) is 24.6 Å². The van der Waals surface area contributed by atoms with Gasteiger partial charge in [0, 0.05) is 22.8 Å². The van der Waals surface area contributed by atoms with Crippen molar-refractivity contribution in [2.75, 3.05) is 11.9 Å². The molecule has 94 valence electrons. The maximum absolute atomic E-state index is 10.1. The van der Waals surface area contributed by atoms with E-state index in [0.29, 0.717) is 11.6 Å². The SMILES string of the molecule is Cc1ccccc1NCC(O)c1ccccc1Cl. The zero-order valence-electron chi connectivity index (χ0n) is 10.2. The van der Waals surface area contributed by atoms with Crippen LogP contribution in [0.3, 0.4) is 0 Å². The molecule has 0 spiro atoms. The summed E-state index contributed by atoms with van der Waals surface area (Å²) in [6.45, 7) is 2.47. The molecule has 0 aliphatic carbocycles. The third kappa shape index (κ3) is 3.03. The molecule has 2 aromatic carbocycles. The maximum Gasteiger partial charge on any atom is 0.0976 e. The number of hydrogen-bond acceptors (Lipinski definition) is 2. The molecule has 2 rings (SSSR count). The molecule has 0 fully saturated rings. The molecule has 0 saturated heterocycles. The maximum atomic E-state index is 10.1. The third-order valence-electron chi connectivity index (χ3n) is 2.90. The van der Waals surface area contributed by atoms with Gasteiger partial charge in [-0.25, -0.2) is 0 Å². The van der Waals surface area contributed by atoms with Crippen molar-refractivity contribution in [1.82, 2.24) is 0 Å². The lowest BCUT2D eigenvalue weighted by Crippen LogP contribution is -2.13. The molecule has 18 heavy (non-hydrogen) atoms. The van der Waals surface area contributed by atoms with Gasteiger partial charge in [0.1, 0.15) is 0 Å². The van der Waals surface area contributed by atoms with Crippen molar-refractivity contribution in [2.24, 2.45) is 0 Å². The number of para-hydroxylation sites is 1. The topological polar surface area (TPSA) is 32.3 Å². The number of hydrogen-bond donors (Lipinski definition) is 2. The van der Waals surface area contributed by atoms with E-state index in [2.05, 4.69) is 5.32 Å². The van der Waals surface area contributed by atoms with Crippen LogP contribution in [0.15, 0.2) is 48.5 Å². The van der Waals surface area contributed by atoms with Gasteiger partial charge in [-0.15, -0.1) is 0 Å². The molecule has 0 aliphatic rings. The number of anilines is 1. The Morgan fingerprint density at radius 3 is 2.50 bits per heavy atom. The van der Waals surface area contributed by atoms with Gasteiger partial charge in [0.25, 0.3) is 0 Å². The number of nitrogens with one attached hydrogen (secondary N) is 1. The van der Waals surface area contributed by atoms with E-state index >= 15 is 0 Å². The molecule has 2 aromatic rings. The van der Waals surface area contributed by atoms with Crippen LogP contribution >= 0.6 is 11.6 Å². The average Bonchev–Trinajstić information content (AvgIpc) is 2.38. The first-order chi connectivity index (χ1) is 8.68. The van der Waals surface area contributed by atoms with Crippen molar-refractivity contribution in [3.63, 3.8) is 0 Å². The first kappa shape index (κ1) is 12.9. The van der Waals surface area contributed by atoms with Gasteiger partial charge in [-0.2, -0.15) is 0 Å². The highest BCUT2D eigenvalue weighted by molar-refractivity contribution is 6.31. The Labute approximate surface area is 112 Å². The van der Waals surface area contributed by atoms with Gasteiger partial charge in [-0.3, -0.25) is 0 Å². The number of aliphatic hydroxyl groups excluding tert-OH is 1. The van der Waals surface area contributed by atoms with Gasteiger partial charge in [0.15, 0.2) is 0 Å². The van der Waals surface area contributed by atoms with E-state index in [-0.39, 0.29) is 0 Å². The Balaban J connectivity index is 2.03. The van der Waals surface area contributed by atoms with Crippen molar-refractivity contribution in [1.29, 1.82) is 0 Å². The van der Waals surface area contributed by atoms with Crippen molar-refractivity contribution < 1.29 is 5.11 Å². The second kappa shape index (κ2) is 5.89. The van der Waals surface area contributed by atoms with Crippen LogP contribution < -0.4 is 5.32 Å². The van der Waals surface area contributed by atoms with Gasteiger partial charge in [0.05, 0.1) is 6.10 Å². The number of halogens is 1. The van der Waals surface area contributed by atoms with Crippen molar-refractivity contribution in [3.05, 3.63) is 64.7 Å². The first-order valence-electron chi connectivity index (χ1n) is 5.90. The predicted octanol–water partition coefficient (Wildman–Crippen LogP) is 3.79. The largest absolute Gasteiger partial charge is 0.387 e. The second-order valence-electron chi connectivity index (χ2n) is 4.23. The lowest BCUT2D eigenvalue weighted by molar-refractivity contribution is 0.191. The van der Waals surface area contributed by atoms with Gasteiger partial charge in [0.2, 0.25) is 0 Å². The summed E-state index contributed by atoms with van der Waals surface area (Å²) < 4.78 is 0. The second-order valence-corrected chi connectivity index (χ2v) is 4.64. The van der Waals surface area contributed by atoms with Crippen LogP contribution in [0, 0.1) is 6.92 Å². The average molecular weight is 262 g/mol. The third-order valence-corrected chi connectivity index (χ3v) is 3.24. The van der Waals surface area contributed by atoms with Crippen molar-refractivity contribution in [3.8, 4) is 0 Å². The summed E-state index contributed by atoms with van der Waals surface area (Å²) in [7, 11) is 0. The van der Waals surface area contributed by atoms with Crippen LogP contribution in [0.2, 0.25) is 5.02 Å². The summed E-state index contributed by atoms with van der Waals surface area (Å²) in [6, 6.07) is 15.3. The van der Waals surface area contributed by atoms with Crippen LogP contribution in [0.25, 0.3) is 0 Å². The molecule has 0 saturated carbocycles. The van der Waals surface area contributed by atoms with E-state index in [9.17, 15) is 5.11 Å². The smallest absolute Gasteiger partial charge is 0.0976 e. The highest BCUT2D eigenvalue weighted by Gasteiger charge is 2.10. The molecule has 2 nitrogen and oxygen atoms in total. The summed E-state index contributed by atoms with van der Waals surface area (Å²) >= 11 is 6.04. The van der Waals surface area contributed by atoms with Crippen molar-refractivity contribution in [2.45, 2.75) is 13.0 Å². The summed E-state index contributed by atoms with van der Waals surface area (Å²) in [5, 5.41) is 13.9. The van der Waals surface area contributed by atoms with Crippen molar-refractivity contribution >= 4 is 17.3 Å². The van der Waals surface area contributed by atoms with Crippen LogP contribution in [0.1, 0.15) is 17.2 Å². The lowest BCUT2D eigenvalue weighted by atomic mass is 10.1. The molecule has 1 atom stereocenters. The van der Waals surface area contributed by atoms with Gasteiger partial charge < -0.3 is 10.4 Å². The predicted molar refractivity (Wildman–Crippen MR) is 76.1 cm³/mol. The fourth-order valence-corrected chi connectivity index (χ4v) is 2.09. The molecular formula is C15H16ClNO. The molecule has 0 aromatic heterocycles. The molecule has 0 bridgehead atoms. The lowest BCUT2D eigenvalue weighted by Gasteiger charge is -2.15. The standard InChI is InChI=1S/C15H16ClNO/c1-11-6-2-5-9-14(11)17-10-15(18)12-7-3-4-8-13(12)16/h2-9,15,17-18H,10H2,1H3. The molecule has 0 heterocycles. The molecule has 1 unspecified atom stereocenters. The normalized spacial score (nSPS) is 12.2. The highest BCUT2D eigenvalue weighted by Crippen LogP contribution is 2.23. The summed E-state index contributed by atoms with van der Waals surface area (Å²) in [5.41, 5.74) is 2.94. The van der Waals surface area contributed by atoms with E-state index < -0.39 is 6.10 Å². The van der Waals surface area contributed by atoms with Crippen LogP contribution in [0.5, 0.6) is 0 Å². The fourth-order valence-electron chi connectivity index (χ4n) is 1.83. The van der Waals surface area contributed by atoms with Gasteiger partial charge in [-0.1, -0.05) is 48.0 Å². The monoisotopic (exact) mass is 261 g/mol. The minimum Gasteiger partial charge on any atom is -0.387 e. The number of aliphatic hydroxyl groups is 1. The summed E-state index contributed by atoms with van der Waals surface area (Å²) in [4.78, 5) is 0. The Hall–Kier alpha value is -1.51. The van der Waals surface area contributed by atoms with E-state index in [0.717, 1.165) is 16.8 Å². The first-order valence-corrected chi connectivity index (χ1v) is 6.28. The Morgan fingerprint density at radius 1 is 1.11 bits per heavy atom. The number of rotatable bonds is 4. The Bertz CT molecular complexity index is 527. The van der Waals surface area contributed by atoms with Gasteiger partial charge >= 0.3 is 0 Å². The van der Waals surface area contributed by atoms with E-state index in [4.69, 9.17) is 11.6 Å². The highest BCUT2D eigenvalue weighted by atomic mass is 35.5. The molecular weight excluding hydrogens is 246 g/mol. The molecule has 0 amide bonds. The van der Waals surface area contributed by atoms with Crippen LogP contribution in [-0.2, 0) is 0 Å². The molecule has 3 heteroatoms. The minimum absolute atomic E-state index is 0.439. The summed E-state index contributed by atoms with van der Waals surface area (Å²) in [5.74, 6) is 0.